The van der Waals surface area contributed by atoms with E-state index in [2.05, 4.69) is 5.32 Å². The zero-order chi connectivity index (χ0) is 18.8. The van der Waals surface area contributed by atoms with Crippen molar-refractivity contribution in [2.24, 2.45) is 0 Å². The third-order valence-electron chi connectivity index (χ3n) is 5.59. The van der Waals surface area contributed by atoms with E-state index < -0.39 is 6.04 Å². The summed E-state index contributed by atoms with van der Waals surface area (Å²) < 4.78 is 1.89. The van der Waals surface area contributed by atoms with Crippen LogP contribution in [-0.4, -0.2) is 33.9 Å². The van der Waals surface area contributed by atoms with E-state index in [4.69, 9.17) is 11.6 Å². The summed E-state index contributed by atoms with van der Waals surface area (Å²) in [5, 5.41) is 3.87. The molecule has 5 nitrogen and oxygen atoms in total. The van der Waals surface area contributed by atoms with Gasteiger partial charge in [-0.25, -0.2) is 0 Å². The molecule has 0 radical (unpaired) electrons. The van der Waals surface area contributed by atoms with Crippen LogP contribution in [0.25, 0.3) is 0 Å². The highest BCUT2D eigenvalue weighted by Gasteiger charge is 2.37. The van der Waals surface area contributed by atoms with Crippen LogP contribution in [0.3, 0.4) is 0 Å². The fraction of sp³-hybridized carbons (Fsp3) is 0.429. The monoisotopic (exact) mass is 385 g/mol. The Morgan fingerprint density at radius 3 is 2.63 bits per heavy atom. The lowest BCUT2D eigenvalue weighted by Gasteiger charge is -2.36. The molecule has 4 rings (SSSR count). The average Bonchev–Trinajstić information content (AvgIpc) is 3.32. The largest absolute Gasteiger partial charge is 0.351 e. The number of rotatable bonds is 5. The van der Waals surface area contributed by atoms with Crippen LogP contribution in [0.5, 0.6) is 0 Å². The van der Waals surface area contributed by atoms with Crippen LogP contribution in [0.15, 0.2) is 42.6 Å². The van der Waals surface area contributed by atoms with Gasteiger partial charge in [0.05, 0.1) is 5.69 Å². The van der Waals surface area contributed by atoms with E-state index in [1.165, 1.54) is 0 Å². The predicted octanol–water partition coefficient (Wildman–Crippen LogP) is 3.33. The van der Waals surface area contributed by atoms with Crippen LogP contribution in [0.2, 0.25) is 5.02 Å². The molecule has 142 valence electrons. The second-order valence-corrected chi connectivity index (χ2v) is 7.85. The molecule has 6 heteroatoms. The Labute approximate surface area is 164 Å². The smallest absolute Gasteiger partial charge is 0.249 e. The molecule has 1 aromatic heterocycles. The van der Waals surface area contributed by atoms with Gasteiger partial charge in [-0.15, -0.1) is 0 Å². The molecule has 2 heterocycles. The summed E-state index contributed by atoms with van der Waals surface area (Å²) in [5.41, 5.74) is 1.99. The maximum Gasteiger partial charge on any atom is 0.249 e. The summed E-state index contributed by atoms with van der Waals surface area (Å²) in [5.74, 6) is -0.0785. The van der Waals surface area contributed by atoms with Gasteiger partial charge in [0.1, 0.15) is 6.54 Å². The number of amides is 2. The lowest BCUT2D eigenvalue weighted by atomic mass is 10.1. The van der Waals surface area contributed by atoms with Crippen molar-refractivity contribution in [3.05, 3.63) is 58.9 Å². The highest BCUT2D eigenvalue weighted by Crippen LogP contribution is 2.28. The number of hydrogen-bond acceptors (Lipinski definition) is 2. The molecule has 0 bridgehead atoms. The van der Waals surface area contributed by atoms with Gasteiger partial charge in [-0.3, -0.25) is 9.59 Å². The van der Waals surface area contributed by atoms with E-state index in [0.717, 1.165) is 36.9 Å². The highest BCUT2D eigenvalue weighted by molar-refractivity contribution is 6.30. The molecule has 1 saturated carbocycles. The third kappa shape index (κ3) is 3.88. The normalized spacial score (nSPS) is 20.0. The lowest BCUT2D eigenvalue weighted by molar-refractivity contribution is -0.144. The molecule has 27 heavy (non-hydrogen) atoms. The minimum absolute atomic E-state index is 0.0146. The van der Waals surface area contributed by atoms with Crippen molar-refractivity contribution in [1.82, 2.24) is 14.8 Å². The Morgan fingerprint density at radius 1 is 1.15 bits per heavy atom. The molecule has 1 aromatic carbocycles. The Balaban J connectivity index is 1.54. The molecule has 1 aliphatic carbocycles. The zero-order valence-corrected chi connectivity index (χ0v) is 16.0. The van der Waals surface area contributed by atoms with Crippen LogP contribution in [0, 0.1) is 0 Å². The molecule has 2 amide bonds. The third-order valence-corrected chi connectivity index (χ3v) is 5.84. The second kappa shape index (κ2) is 7.77. The van der Waals surface area contributed by atoms with Crippen LogP contribution in [0.1, 0.15) is 43.0 Å². The van der Waals surface area contributed by atoms with Crippen molar-refractivity contribution in [2.45, 2.75) is 50.7 Å². The van der Waals surface area contributed by atoms with Gasteiger partial charge in [0.15, 0.2) is 6.04 Å². The molecular weight excluding hydrogens is 362 g/mol. The molecular formula is C21H24ClN3O2. The zero-order valence-electron chi connectivity index (χ0n) is 15.2. The van der Waals surface area contributed by atoms with E-state index in [-0.39, 0.29) is 24.4 Å². The number of nitrogens with zero attached hydrogens (tertiary/aromatic N) is 2. The van der Waals surface area contributed by atoms with Crippen LogP contribution in [-0.2, 0) is 22.6 Å². The maximum absolute atomic E-state index is 13.1. The van der Waals surface area contributed by atoms with Gasteiger partial charge in [0.2, 0.25) is 11.8 Å². The minimum Gasteiger partial charge on any atom is -0.351 e. The van der Waals surface area contributed by atoms with Crippen molar-refractivity contribution >= 4 is 23.4 Å². The highest BCUT2D eigenvalue weighted by atomic mass is 35.5. The fourth-order valence-corrected chi connectivity index (χ4v) is 4.27. The quantitative estimate of drug-likeness (QED) is 0.858. The fourth-order valence-electron chi connectivity index (χ4n) is 4.14. The molecule has 1 unspecified atom stereocenters. The molecule has 0 spiro atoms. The summed E-state index contributed by atoms with van der Waals surface area (Å²) in [4.78, 5) is 27.6. The Kier molecular flexibility index (Phi) is 5.21. The maximum atomic E-state index is 13.1. The first-order valence-electron chi connectivity index (χ1n) is 9.61. The first kappa shape index (κ1) is 18.1. The molecule has 1 fully saturated rings. The van der Waals surface area contributed by atoms with Crippen LogP contribution >= 0.6 is 11.6 Å². The average molecular weight is 386 g/mol. The van der Waals surface area contributed by atoms with Crippen molar-refractivity contribution < 1.29 is 9.59 Å². The Hall–Kier alpha value is -2.27. The number of hydrogen-bond donors (Lipinski definition) is 1. The molecule has 2 aliphatic rings. The number of carbonyl (C=O) groups excluding carboxylic acids is 2. The summed E-state index contributed by atoms with van der Waals surface area (Å²) >= 11 is 5.95. The lowest BCUT2D eigenvalue weighted by Crippen LogP contribution is -2.51. The van der Waals surface area contributed by atoms with Gasteiger partial charge in [0, 0.05) is 23.8 Å². The van der Waals surface area contributed by atoms with Gasteiger partial charge in [-0.05, 0) is 49.1 Å². The first-order chi connectivity index (χ1) is 13.1. The van der Waals surface area contributed by atoms with E-state index >= 15 is 0 Å². The van der Waals surface area contributed by atoms with Gasteiger partial charge >= 0.3 is 0 Å². The number of carbonyl (C=O) groups is 2. The van der Waals surface area contributed by atoms with Gasteiger partial charge in [-0.1, -0.05) is 36.6 Å². The minimum atomic E-state index is -0.561. The van der Waals surface area contributed by atoms with Crippen molar-refractivity contribution in [1.29, 1.82) is 0 Å². The van der Waals surface area contributed by atoms with Gasteiger partial charge in [-0.2, -0.15) is 0 Å². The molecule has 2 aromatic rings. The predicted molar refractivity (Wildman–Crippen MR) is 104 cm³/mol. The van der Waals surface area contributed by atoms with Crippen molar-refractivity contribution in [3.8, 4) is 0 Å². The summed E-state index contributed by atoms with van der Waals surface area (Å²) in [7, 11) is 0. The van der Waals surface area contributed by atoms with Gasteiger partial charge in [0.25, 0.3) is 0 Å². The number of nitrogens with one attached hydrogen (secondary N) is 1. The summed E-state index contributed by atoms with van der Waals surface area (Å²) in [6.07, 6.45) is 6.93. The number of aromatic nitrogens is 1. The standard InChI is InChI=1S/C21H24ClN3O2/c22-16-9-7-15(8-10-16)11-13-25-19(26)14-24-12-3-6-18(24)20(25)21(27)23-17-4-1-2-5-17/h3,6-10,12,17,20H,1-2,4-5,11,13-14H2,(H,23,27). The molecule has 1 aliphatic heterocycles. The van der Waals surface area contributed by atoms with E-state index in [0.29, 0.717) is 18.0 Å². The van der Waals surface area contributed by atoms with E-state index in [9.17, 15) is 9.59 Å². The second-order valence-electron chi connectivity index (χ2n) is 7.42. The summed E-state index contributed by atoms with van der Waals surface area (Å²) in [6.45, 7) is 0.796. The number of fused-ring (bicyclic) bond motifs is 1. The van der Waals surface area contributed by atoms with Crippen LogP contribution < -0.4 is 5.32 Å². The van der Waals surface area contributed by atoms with Gasteiger partial charge < -0.3 is 14.8 Å². The molecule has 0 saturated heterocycles. The van der Waals surface area contributed by atoms with Crippen LogP contribution in [0.4, 0.5) is 0 Å². The van der Waals surface area contributed by atoms with Crippen molar-refractivity contribution in [3.63, 3.8) is 0 Å². The molecule has 1 N–H and O–H groups in total. The Bertz CT molecular complexity index is 824. The first-order valence-corrected chi connectivity index (χ1v) is 9.99. The van der Waals surface area contributed by atoms with E-state index in [1.807, 2.05) is 47.2 Å². The topological polar surface area (TPSA) is 54.3 Å². The number of halogens is 1. The van der Waals surface area contributed by atoms with E-state index in [1.54, 1.807) is 4.90 Å². The SMILES string of the molecule is O=C(NC1CCCC1)C1c2cccn2CC(=O)N1CCc1ccc(Cl)cc1. The summed E-state index contributed by atoms with van der Waals surface area (Å²) in [6, 6.07) is 11.2. The van der Waals surface area contributed by atoms with Crippen molar-refractivity contribution in [2.75, 3.05) is 6.54 Å². The molecule has 1 atom stereocenters. The number of benzene rings is 1. The Morgan fingerprint density at radius 2 is 1.89 bits per heavy atom.